The topological polar surface area (TPSA) is 71.1 Å². The van der Waals surface area contributed by atoms with Gasteiger partial charge in [0, 0.05) is 20.0 Å². The average Bonchev–Trinajstić information content (AvgIpc) is 2.85. The van der Waals surface area contributed by atoms with E-state index in [0.29, 0.717) is 11.4 Å². The van der Waals surface area contributed by atoms with Crippen molar-refractivity contribution in [3.8, 4) is 0 Å². The predicted molar refractivity (Wildman–Crippen MR) is 88.2 cm³/mol. The van der Waals surface area contributed by atoms with Crippen LogP contribution < -0.4 is 15.1 Å². The zero-order valence-corrected chi connectivity index (χ0v) is 14.0. The third kappa shape index (κ3) is 2.90. The number of benzene rings is 1. The second-order valence-electron chi connectivity index (χ2n) is 7.04. The smallest absolute Gasteiger partial charge is 0.414 e. The summed E-state index contributed by atoms with van der Waals surface area (Å²) < 4.78 is 25.0. The highest BCUT2D eigenvalue weighted by Gasteiger charge is 2.49. The quantitative estimate of drug-likeness (QED) is 0.882. The van der Waals surface area contributed by atoms with Gasteiger partial charge >= 0.3 is 6.09 Å². The summed E-state index contributed by atoms with van der Waals surface area (Å²) in [4.78, 5) is 26.3. The van der Waals surface area contributed by atoms with E-state index in [-0.39, 0.29) is 30.2 Å². The maximum absolute atomic E-state index is 14.5. The molecule has 0 bridgehead atoms. The number of carbonyl (C=O) groups is 2. The molecular formula is C17H20FN3O4. The van der Waals surface area contributed by atoms with Gasteiger partial charge in [0.1, 0.15) is 11.9 Å². The lowest BCUT2D eigenvalue weighted by Crippen LogP contribution is -2.66. The molecule has 8 heteroatoms. The third-order valence-corrected chi connectivity index (χ3v) is 4.91. The van der Waals surface area contributed by atoms with Gasteiger partial charge in [-0.3, -0.25) is 9.69 Å². The summed E-state index contributed by atoms with van der Waals surface area (Å²) in [6, 6.07) is 4.79. The molecule has 1 aromatic rings. The van der Waals surface area contributed by atoms with Crippen molar-refractivity contribution < 1.29 is 23.5 Å². The van der Waals surface area contributed by atoms with E-state index in [1.807, 2.05) is 4.90 Å². The number of amides is 2. The molecule has 1 spiro atoms. The number of rotatable bonds is 4. The van der Waals surface area contributed by atoms with E-state index in [0.717, 1.165) is 26.3 Å². The van der Waals surface area contributed by atoms with Crippen LogP contribution in [0, 0.1) is 11.2 Å². The van der Waals surface area contributed by atoms with Gasteiger partial charge in [0.15, 0.2) is 0 Å². The molecule has 0 unspecified atom stereocenters. The number of hydrogen-bond donors (Lipinski definition) is 1. The van der Waals surface area contributed by atoms with Gasteiger partial charge in [0.2, 0.25) is 5.91 Å². The summed E-state index contributed by atoms with van der Waals surface area (Å²) in [7, 11) is 0. The van der Waals surface area contributed by atoms with Crippen molar-refractivity contribution >= 4 is 23.4 Å². The maximum atomic E-state index is 14.5. The molecule has 1 aromatic carbocycles. The molecule has 4 rings (SSSR count). The zero-order chi connectivity index (χ0) is 17.6. The van der Waals surface area contributed by atoms with Crippen LogP contribution in [-0.2, 0) is 14.3 Å². The van der Waals surface area contributed by atoms with Crippen LogP contribution in [0.3, 0.4) is 0 Å². The Morgan fingerprint density at radius 3 is 2.76 bits per heavy atom. The first-order valence-corrected chi connectivity index (χ1v) is 8.31. The molecule has 7 nitrogen and oxygen atoms in total. The monoisotopic (exact) mass is 349 g/mol. The Labute approximate surface area is 144 Å². The number of nitrogens with one attached hydrogen (secondary N) is 1. The van der Waals surface area contributed by atoms with Crippen molar-refractivity contribution in [2.45, 2.75) is 13.0 Å². The SMILES string of the molecule is CC(=O)NC[C@H]1CN(c2ccc(N3CC4(COC4)C3)c(F)c2)C(=O)O1. The molecule has 2 amide bonds. The average molecular weight is 349 g/mol. The van der Waals surface area contributed by atoms with Crippen LogP contribution in [0.25, 0.3) is 0 Å². The highest BCUT2D eigenvalue weighted by molar-refractivity contribution is 5.90. The number of ether oxygens (including phenoxy) is 2. The van der Waals surface area contributed by atoms with Crippen LogP contribution in [0.2, 0.25) is 0 Å². The molecule has 134 valence electrons. The Hall–Kier alpha value is -2.35. The van der Waals surface area contributed by atoms with Gasteiger partial charge in [-0.05, 0) is 18.2 Å². The number of nitrogens with zero attached hydrogens (tertiary/aromatic N) is 2. The molecule has 1 atom stereocenters. The van der Waals surface area contributed by atoms with Gasteiger partial charge in [0.05, 0.1) is 43.1 Å². The Morgan fingerprint density at radius 2 is 2.16 bits per heavy atom. The van der Waals surface area contributed by atoms with Gasteiger partial charge in [-0.25, -0.2) is 9.18 Å². The lowest BCUT2D eigenvalue weighted by molar-refractivity contribution is -0.127. The highest BCUT2D eigenvalue weighted by Crippen LogP contribution is 2.41. The largest absolute Gasteiger partial charge is 0.442 e. The lowest BCUT2D eigenvalue weighted by Gasteiger charge is -2.56. The highest BCUT2D eigenvalue weighted by atomic mass is 19.1. The fourth-order valence-corrected chi connectivity index (χ4v) is 3.52. The number of anilines is 2. The normalized spacial score (nSPS) is 23.9. The number of hydrogen-bond acceptors (Lipinski definition) is 5. The van der Waals surface area contributed by atoms with Crippen molar-refractivity contribution in [2.24, 2.45) is 5.41 Å². The molecule has 25 heavy (non-hydrogen) atoms. The van der Waals surface area contributed by atoms with Gasteiger partial charge in [-0.2, -0.15) is 0 Å². The van der Waals surface area contributed by atoms with Crippen LogP contribution in [0.4, 0.5) is 20.6 Å². The summed E-state index contributed by atoms with van der Waals surface area (Å²) in [6.07, 6.45) is -0.968. The first-order valence-electron chi connectivity index (χ1n) is 8.31. The molecule has 3 aliphatic rings. The summed E-state index contributed by atoms with van der Waals surface area (Å²) in [5.74, 6) is -0.542. The molecule has 0 radical (unpaired) electrons. The van der Waals surface area contributed by atoms with Crippen LogP contribution in [0.5, 0.6) is 0 Å². The minimum atomic E-state index is -0.531. The van der Waals surface area contributed by atoms with E-state index in [4.69, 9.17) is 9.47 Å². The van der Waals surface area contributed by atoms with E-state index in [1.165, 1.54) is 17.9 Å². The van der Waals surface area contributed by atoms with Crippen LogP contribution in [0.1, 0.15) is 6.92 Å². The van der Waals surface area contributed by atoms with E-state index in [9.17, 15) is 14.0 Å². The van der Waals surface area contributed by atoms with Gasteiger partial charge < -0.3 is 19.7 Å². The molecule has 0 aromatic heterocycles. The van der Waals surface area contributed by atoms with Crippen LogP contribution >= 0.6 is 0 Å². The summed E-state index contributed by atoms with van der Waals surface area (Å²) >= 11 is 0. The second-order valence-corrected chi connectivity index (χ2v) is 7.04. The predicted octanol–water partition coefficient (Wildman–Crippen LogP) is 1.12. The standard InChI is InChI=1S/C17H20FN3O4/c1-11(22)19-5-13-6-21(16(23)25-13)12-2-3-15(14(18)4-12)20-7-17(8-20)9-24-10-17/h2-4,13H,5-10H2,1H3,(H,19,22)/t13-/m0/s1. The van der Waals surface area contributed by atoms with Crippen molar-refractivity contribution in [1.82, 2.24) is 5.32 Å². The Morgan fingerprint density at radius 1 is 1.40 bits per heavy atom. The Kier molecular flexibility index (Phi) is 3.79. The Balaban J connectivity index is 1.42. The third-order valence-electron chi connectivity index (χ3n) is 4.91. The van der Waals surface area contributed by atoms with Crippen molar-refractivity contribution in [3.05, 3.63) is 24.0 Å². The summed E-state index contributed by atoms with van der Waals surface area (Å²) in [5.41, 5.74) is 1.21. The number of carbonyl (C=O) groups excluding carboxylic acids is 2. The molecular weight excluding hydrogens is 329 g/mol. The van der Waals surface area contributed by atoms with E-state index >= 15 is 0 Å². The minimum Gasteiger partial charge on any atom is -0.442 e. The van der Waals surface area contributed by atoms with Crippen LogP contribution in [0.15, 0.2) is 18.2 Å². The number of halogens is 1. The maximum Gasteiger partial charge on any atom is 0.414 e. The van der Waals surface area contributed by atoms with E-state index in [2.05, 4.69) is 5.32 Å². The molecule has 3 heterocycles. The van der Waals surface area contributed by atoms with E-state index < -0.39 is 12.2 Å². The lowest BCUT2D eigenvalue weighted by atomic mass is 9.78. The zero-order valence-electron chi connectivity index (χ0n) is 14.0. The van der Waals surface area contributed by atoms with Crippen molar-refractivity contribution in [1.29, 1.82) is 0 Å². The fraction of sp³-hybridized carbons (Fsp3) is 0.529. The van der Waals surface area contributed by atoms with Crippen molar-refractivity contribution in [3.63, 3.8) is 0 Å². The second kappa shape index (κ2) is 5.87. The molecule has 1 N–H and O–H groups in total. The van der Waals surface area contributed by atoms with Gasteiger partial charge in [0.25, 0.3) is 0 Å². The summed E-state index contributed by atoms with van der Waals surface area (Å²) in [5, 5.41) is 2.62. The fourth-order valence-electron chi connectivity index (χ4n) is 3.52. The van der Waals surface area contributed by atoms with Crippen LogP contribution in [-0.4, -0.2) is 57.5 Å². The van der Waals surface area contributed by atoms with Gasteiger partial charge in [-0.15, -0.1) is 0 Å². The van der Waals surface area contributed by atoms with Crippen molar-refractivity contribution in [2.75, 3.05) is 49.2 Å². The van der Waals surface area contributed by atoms with Gasteiger partial charge in [-0.1, -0.05) is 0 Å². The molecule has 3 fully saturated rings. The minimum absolute atomic E-state index is 0.186. The molecule has 3 aliphatic heterocycles. The first kappa shape index (κ1) is 16.1. The first-order chi connectivity index (χ1) is 12.0. The molecule has 3 saturated heterocycles. The number of cyclic esters (lactones) is 1. The molecule has 0 saturated carbocycles. The molecule has 0 aliphatic carbocycles. The summed E-state index contributed by atoms with van der Waals surface area (Å²) in [6.45, 7) is 5.02. The Bertz CT molecular complexity index is 714. The van der Waals surface area contributed by atoms with E-state index in [1.54, 1.807) is 12.1 Å².